The van der Waals surface area contributed by atoms with E-state index in [4.69, 9.17) is 5.73 Å². The maximum absolute atomic E-state index is 12.5. The van der Waals surface area contributed by atoms with Crippen LogP contribution in [0.4, 0.5) is 13.2 Å². The average molecular weight is 317 g/mol. The Morgan fingerprint density at radius 2 is 2.05 bits per heavy atom. The number of nitrogens with two attached hydrogens (primary N) is 1. The maximum atomic E-state index is 12.5. The molecule has 0 aromatic rings. The van der Waals surface area contributed by atoms with Gasteiger partial charge in [-0.25, -0.2) is 12.7 Å². The molecule has 0 saturated carbocycles. The van der Waals surface area contributed by atoms with Crippen LogP contribution in [0.5, 0.6) is 0 Å². The van der Waals surface area contributed by atoms with Crippen molar-refractivity contribution in [3.8, 4) is 0 Å². The molecule has 1 rings (SSSR count). The number of piperidine rings is 1. The van der Waals surface area contributed by atoms with Crippen molar-refractivity contribution < 1.29 is 21.6 Å². The van der Waals surface area contributed by atoms with Crippen molar-refractivity contribution in [2.75, 3.05) is 45.5 Å². The van der Waals surface area contributed by atoms with Crippen LogP contribution in [-0.4, -0.2) is 69.3 Å². The molecule has 5 nitrogen and oxygen atoms in total. The molecule has 0 bridgehead atoms. The van der Waals surface area contributed by atoms with E-state index in [1.807, 2.05) is 0 Å². The molecule has 1 aliphatic heterocycles. The third kappa shape index (κ3) is 6.38. The zero-order valence-corrected chi connectivity index (χ0v) is 12.4. The van der Waals surface area contributed by atoms with Gasteiger partial charge >= 0.3 is 6.18 Å². The fraction of sp³-hybridized carbons (Fsp3) is 1.00. The molecule has 120 valence electrons. The van der Waals surface area contributed by atoms with Crippen LogP contribution in [0.1, 0.15) is 12.8 Å². The van der Waals surface area contributed by atoms with Crippen molar-refractivity contribution in [1.82, 2.24) is 9.21 Å². The quantitative estimate of drug-likeness (QED) is 0.774. The minimum Gasteiger partial charge on any atom is -0.329 e. The molecule has 0 radical (unpaired) electrons. The minimum atomic E-state index is -4.26. The topological polar surface area (TPSA) is 66.6 Å². The Kier molecular flexibility index (Phi) is 6.24. The molecule has 1 atom stereocenters. The number of hydrogen-bond donors (Lipinski definition) is 1. The Balaban J connectivity index is 2.59. The summed E-state index contributed by atoms with van der Waals surface area (Å²) in [5.74, 6) is -0.0765. The number of alkyl halides is 3. The van der Waals surface area contributed by atoms with E-state index in [2.05, 4.69) is 0 Å². The van der Waals surface area contributed by atoms with Crippen LogP contribution in [0, 0.1) is 5.92 Å². The van der Waals surface area contributed by atoms with Crippen LogP contribution in [0.2, 0.25) is 0 Å². The second-order valence-corrected chi connectivity index (χ2v) is 7.25. The molecular formula is C11H22F3N3O2S. The van der Waals surface area contributed by atoms with E-state index < -0.39 is 22.7 Å². The van der Waals surface area contributed by atoms with Crippen LogP contribution in [0.15, 0.2) is 0 Å². The Labute approximate surface area is 117 Å². The number of nitrogens with zero attached hydrogens (tertiary/aromatic N) is 2. The van der Waals surface area contributed by atoms with Crippen molar-refractivity contribution in [1.29, 1.82) is 0 Å². The van der Waals surface area contributed by atoms with Gasteiger partial charge in [-0.1, -0.05) is 0 Å². The lowest BCUT2D eigenvalue weighted by Gasteiger charge is -2.34. The summed E-state index contributed by atoms with van der Waals surface area (Å²) in [4.78, 5) is 1.26. The molecule has 1 aliphatic rings. The zero-order valence-electron chi connectivity index (χ0n) is 11.6. The first-order valence-corrected chi connectivity index (χ1v) is 8.41. The first kappa shape index (κ1) is 17.7. The average Bonchev–Trinajstić information content (AvgIpc) is 2.26. The van der Waals surface area contributed by atoms with Crippen LogP contribution >= 0.6 is 0 Å². The fourth-order valence-electron chi connectivity index (χ4n) is 2.51. The first-order valence-electron chi connectivity index (χ1n) is 6.56. The third-order valence-corrected chi connectivity index (χ3v) is 4.59. The molecule has 0 spiro atoms. The van der Waals surface area contributed by atoms with E-state index in [1.165, 1.54) is 9.21 Å². The van der Waals surface area contributed by atoms with E-state index in [0.29, 0.717) is 13.0 Å². The highest BCUT2D eigenvalue weighted by atomic mass is 32.2. The molecule has 1 unspecified atom stereocenters. The van der Waals surface area contributed by atoms with Crippen LogP contribution in [0.25, 0.3) is 0 Å². The summed E-state index contributed by atoms with van der Waals surface area (Å²) in [5, 5.41) is 0. The third-order valence-electron chi connectivity index (χ3n) is 3.32. The van der Waals surface area contributed by atoms with Gasteiger partial charge in [0.1, 0.15) is 0 Å². The molecule has 1 saturated heterocycles. The Hall–Kier alpha value is -0.380. The highest BCUT2D eigenvalue weighted by molar-refractivity contribution is 7.88. The largest absolute Gasteiger partial charge is 0.401 e. The molecule has 2 N–H and O–H groups in total. The number of rotatable bonds is 6. The van der Waals surface area contributed by atoms with E-state index in [1.54, 1.807) is 0 Å². The van der Waals surface area contributed by atoms with Crippen molar-refractivity contribution in [2.45, 2.75) is 19.0 Å². The Bertz CT molecular complexity index is 400. The van der Waals surface area contributed by atoms with Gasteiger partial charge in [-0.05, 0) is 18.8 Å². The molecule has 0 aromatic heterocycles. The van der Waals surface area contributed by atoms with Gasteiger partial charge in [0.25, 0.3) is 0 Å². The first-order chi connectivity index (χ1) is 9.12. The second kappa shape index (κ2) is 7.06. The van der Waals surface area contributed by atoms with Gasteiger partial charge in [0.15, 0.2) is 0 Å². The molecule has 1 fully saturated rings. The van der Waals surface area contributed by atoms with Crippen LogP contribution < -0.4 is 5.73 Å². The molecule has 9 heteroatoms. The van der Waals surface area contributed by atoms with E-state index in [-0.39, 0.29) is 32.1 Å². The number of sulfonamides is 1. The summed E-state index contributed by atoms with van der Waals surface area (Å²) in [6.45, 7) is 0.277. The van der Waals surface area contributed by atoms with Gasteiger partial charge in [0.2, 0.25) is 10.0 Å². The lowest BCUT2D eigenvalue weighted by Crippen LogP contribution is -2.46. The lowest BCUT2D eigenvalue weighted by molar-refractivity contribution is -0.147. The Morgan fingerprint density at radius 3 is 2.55 bits per heavy atom. The fourth-order valence-corrected chi connectivity index (χ4v) is 3.46. The van der Waals surface area contributed by atoms with Crippen LogP contribution in [0.3, 0.4) is 0 Å². The van der Waals surface area contributed by atoms with Crippen molar-refractivity contribution >= 4 is 10.0 Å². The van der Waals surface area contributed by atoms with E-state index in [9.17, 15) is 21.6 Å². The lowest BCUT2D eigenvalue weighted by atomic mass is 9.99. The maximum Gasteiger partial charge on any atom is 0.401 e. The number of hydrogen-bond acceptors (Lipinski definition) is 4. The summed E-state index contributed by atoms with van der Waals surface area (Å²) in [7, 11) is -3.27. The van der Waals surface area contributed by atoms with Gasteiger partial charge in [-0.15, -0.1) is 0 Å². The summed E-state index contributed by atoms with van der Waals surface area (Å²) >= 11 is 0. The predicted molar refractivity (Wildman–Crippen MR) is 70.7 cm³/mol. The van der Waals surface area contributed by atoms with Crippen molar-refractivity contribution in [2.24, 2.45) is 11.7 Å². The molecule has 1 heterocycles. The highest BCUT2D eigenvalue weighted by Gasteiger charge is 2.33. The van der Waals surface area contributed by atoms with Crippen LogP contribution in [-0.2, 0) is 10.0 Å². The normalized spacial score (nSPS) is 22.4. The minimum absolute atomic E-state index is 0.0765. The smallest absolute Gasteiger partial charge is 0.329 e. The molecular weight excluding hydrogens is 295 g/mol. The zero-order chi connectivity index (χ0) is 15.4. The van der Waals surface area contributed by atoms with Crippen molar-refractivity contribution in [3.05, 3.63) is 0 Å². The highest BCUT2D eigenvalue weighted by Crippen LogP contribution is 2.22. The monoisotopic (exact) mass is 317 g/mol. The second-order valence-electron chi connectivity index (χ2n) is 5.27. The summed E-state index contributed by atoms with van der Waals surface area (Å²) in [6.07, 6.45) is -1.71. The molecule has 0 aliphatic carbocycles. The molecule has 0 amide bonds. The Morgan fingerprint density at radius 1 is 1.40 bits per heavy atom. The van der Waals surface area contributed by atoms with E-state index >= 15 is 0 Å². The molecule has 0 aromatic carbocycles. The predicted octanol–water partition coefficient (Wildman–Crippen LogP) is 0.481. The van der Waals surface area contributed by atoms with E-state index in [0.717, 1.165) is 12.7 Å². The van der Waals surface area contributed by atoms with Gasteiger partial charge in [-0.3, -0.25) is 4.90 Å². The summed E-state index contributed by atoms with van der Waals surface area (Å²) in [5.41, 5.74) is 5.33. The summed E-state index contributed by atoms with van der Waals surface area (Å²) in [6, 6.07) is 0. The summed E-state index contributed by atoms with van der Waals surface area (Å²) < 4.78 is 61.7. The number of halogens is 3. The SMILES string of the molecule is CS(=O)(=O)N1CCCC(CN(CCN)CC(F)(F)F)C1. The van der Waals surface area contributed by atoms with Crippen molar-refractivity contribution in [3.63, 3.8) is 0 Å². The van der Waals surface area contributed by atoms with Gasteiger partial charge < -0.3 is 5.73 Å². The van der Waals surface area contributed by atoms with Gasteiger partial charge in [-0.2, -0.15) is 13.2 Å². The van der Waals surface area contributed by atoms with Gasteiger partial charge in [0.05, 0.1) is 12.8 Å². The standard InChI is InChI=1S/C11H22F3N3O2S/c1-20(18,19)17-5-2-3-10(8-17)7-16(6-4-15)9-11(12,13)14/h10H,2-9,15H2,1H3. The molecule has 20 heavy (non-hydrogen) atoms. The van der Waals surface area contributed by atoms with Gasteiger partial charge in [0, 0.05) is 32.7 Å².